The predicted octanol–water partition coefficient (Wildman–Crippen LogP) is 2.96. The highest BCUT2D eigenvalue weighted by Crippen LogP contribution is 2.41. The first-order valence-corrected chi connectivity index (χ1v) is 9.09. The molecule has 2 heterocycles. The van der Waals surface area contributed by atoms with E-state index in [9.17, 15) is 15.2 Å². The van der Waals surface area contributed by atoms with Crippen molar-refractivity contribution in [1.29, 1.82) is 5.26 Å². The van der Waals surface area contributed by atoms with Gasteiger partial charge < -0.3 is 23.9 Å². The number of nitriles is 1. The first-order valence-electron chi connectivity index (χ1n) is 9.09. The summed E-state index contributed by atoms with van der Waals surface area (Å²) < 4.78 is 18.4. The molecule has 7 heteroatoms. The van der Waals surface area contributed by atoms with Crippen molar-refractivity contribution in [2.24, 2.45) is 0 Å². The first-order chi connectivity index (χ1) is 13.0. The van der Waals surface area contributed by atoms with Crippen LogP contribution in [0.3, 0.4) is 0 Å². The Labute approximate surface area is 158 Å². The molecule has 144 valence electrons. The van der Waals surface area contributed by atoms with Gasteiger partial charge in [0.05, 0.1) is 36.1 Å². The molecule has 0 fully saturated rings. The van der Waals surface area contributed by atoms with Gasteiger partial charge in [0, 0.05) is 24.6 Å². The maximum atomic E-state index is 11.8. The number of rotatable bonds is 7. The van der Waals surface area contributed by atoms with Crippen LogP contribution in [0, 0.1) is 18.3 Å². The molecular weight excluding hydrogens is 348 g/mol. The second kappa shape index (κ2) is 7.99. The lowest BCUT2D eigenvalue weighted by Crippen LogP contribution is -2.25. The topological polar surface area (TPSA) is 93.7 Å². The summed E-state index contributed by atoms with van der Waals surface area (Å²) in [6.45, 7) is 5.78. The molecule has 0 spiro atoms. The van der Waals surface area contributed by atoms with Crippen molar-refractivity contribution in [2.75, 3.05) is 26.9 Å². The lowest BCUT2D eigenvalue weighted by atomic mass is 9.97. The molecule has 1 aliphatic heterocycles. The summed E-state index contributed by atoms with van der Waals surface area (Å²) in [7, 11) is 1.60. The Morgan fingerprint density at radius 2 is 2.26 bits per heavy atom. The van der Waals surface area contributed by atoms with E-state index < -0.39 is 12.1 Å². The van der Waals surface area contributed by atoms with Crippen LogP contribution in [0.1, 0.15) is 41.8 Å². The summed E-state index contributed by atoms with van der Waals surface area (Å²) in [5.74, 6) is -0.389. The summed E-state index contributed by atoms with van der Waals surface area (Å²) in [5.41, 5.74) is 3.82. The van der Waals surface area contributed by atoms with Crippen LogP contribution in [0.4, 0.5) is 0 Å². The highest BCUT2D eigenvalue weighted by Gasteiger charge is 2.34. The average Bonchev–Trinajstić information content (AvgIpc) is 2.99. The van der Waals surface area contributed by atoms with E-state index >= 15 is 0 Å². The zero-order chi connectivity index (χ0) is 19.6. The number of aryl methyl sites for hydroxylation is 2. The SMILES string of the molecule is CCCn1c2c(c3c(C#N)cc(OCCOC)c(C)c31)CCOC2C(=O)O. The number of carboxylic acids is 1. The van der Waals surface area contributed by atoms with Crippen LogP contribution < -0.4 is 4.74 Å². The maximum absolute atomic E-state index is 11.8. The van der Waals surface area contributed by atoms with E-state index in [1.807, 2.05) is 18.4 Å². The molecule has 0 aliphatic carbocycles. The molecule has 1 aromatic carbocycles. The number of methoxy groups -OCH3 is 1. The Kier molecular flexibility index (Phi) is 5.68. The van der Waals surface area contributed by atoms with E-state index in [4.69, 9.17) is 14.2 Å². The Balaban J connectivity index is 2.31. The van der Waals surface area contributed by atoms with Crippen LogP contribution in [-0.2, 0) is 27.2 Å². The molecule has 0 bridgehead atoms. The molecule has 0 saturated heterocycles. The zero-order valence-corrected chi connectivity index (χ0v) is 15.9. The molecule has 1 aromatic heterocycles. The largest absolute Gasteiger partial charge is 0.491 e. The molecule has 0 radical (unpaired) electrons. The minimum absolute atomic E-state index is 0.325. The average molecular weight is 372 g/mol. The van der Waals surface area contributed by atoms with Gasteiger partial charge in [0.25, 0.3) is 0 Å². The third-order valence-corrected chi connectivity index (χ3v) is 4.90. The van der Waals surface area contributed by atoms with Crippen LogP contribution in [0.5, 0.6) is 5.75 Å². The molecule has 1 unspecified atom stereocenters. The maximum Gasteiger partial charge on any atom is 0.339 e. The normalized spacial score (nSPS) is 16.1. The molecular formula is C20H24N2O5. The summed E-state index contributed by atoms with van der Waals surface area (Å²) in [4.78, 5) is 11.8. The number of ether oxygens (including phenoxy) is 3. The number of aromatic nitrogens is 1. The van der Waals surface area contributed by atoms with Crippen molar-refractivity contribution in [3.05, 3.63) is 28.5 Å². The van der Waals surface area contributed by atoms with E-state index in [2.05, 4.69) is 6.07 Å². The Morgan fingerprint density at radius 3 is 2.89 bits per heavy atom. The second-order valence-corrected chi connectivity index (χ2v) is 6.58. The zero-order valence-electron chi connectivity index (χ0n) is 15.9. The number of aliphatic carboxylic acids is 1. The predicted molar refractivity (Wildman–Crippen MR) is 99.1 cm³/mol. The highest BCUT2D eigenvalue weighted by atomic mass is 16.5. The third-order valence-electron chi connectivity index (χ3n) is 4.90. The van der Waals surface area contributed by atoms with E-state index in [1.165, 1.54) is 0 Å². The number of fused-ring (bicyclic) bond motifs is 3. The minimum Gasteiger partial charge on any atom is -0.491 e. The van der Waals surface area contributed by atoms with Gasteiger partial charge in [-0.25, -0.2) is 4.79 Å². The van der Waals surface area contributed by atoms with Gasteiger partial charge in [-0.1, -0.05) is 6.92 Å². The lowest BCUT2D eigenvalue weighted by Gasteiger charge is -2.23. The summed E-state index contributed by atoms with van der Waals surface area (Å²) in [6.07, 6.45) is 0.402. The van der Waals surface area contributed by atoms with E-state index in [-0.39, 0.29) is 0 Å². The van der Waals surface area contributed by atoms with E-state index in [0.29, 0.717) is 49.8 Å². The summed E-state index contributed by atoms with van der Waals surface area (Å²) >= 11 is 0. The van der Waals surface area contributed by atoms with Crippen LogP contribution >= 0.6 is 0 Å². The Morgan fingerprint density at radius 1 is 1.48 bits per heavy atom. The second-order valence-electron chi connectivity index (χ2n) is 6.58. The number of carboxylic acid groups (broad SMARTS) is 1. The molecule has 0 saturated carbocycles. The standard InChI is InChI=1S/C20H24N2O5/c1-4-6-22-17-12(2)15(26-9-8-25-3)10-13(11-21)16(17)14-5-7-27-19(18(14)22)20(23)24/h10,19H,4-9H2,1-3H3,(H,23,24). The number of benzene rings is 1. The van der Waals surface area contributed by atoms with Crippen molar-refractivity contribution in [3.63, 3.8) is 0 Å². The number of carbonyl (C=O) groups is 1. The van der Waals surface area contributed by atoms with Gasteiger partial charge in [-0.2, -0.15) is 5.26 Å². The molecule has 2 aromatic rings. The lowest BCUT2D eigenvalue weighted by molar-refractivity contribution is -0.152. The molecule has 7 nitrogen and oxygen atoms in total. The van der Waals surface area contributed by atoms with Crippen LogP contribution in [-0.4, -0.2) is 42.6 Å². The van der Waals surface area contributed by atoms with Crippen molar-refractivity contribution in [3.8, 4) is 11.8 Å². The van der Waals surface area contributed by atoms with Crippen molar-refractivity contribution >= 4 is 16.9 Å². The number of hydrogen-bond donors (Lipinski definition) is 1. The van der Waals surface area contributed by atoms with Gasteiger partial charge in [-0.05, 0) is 31.4 Å². The number of nitrogens with zero attached hydrogens (tertiary/aromatic N) is 2. The van der Waals surface area contributed by atoms with Crippen molar-refractivity contribution in [2.45, 2.75) is 39.3 Å². The molecule has 0 amide bonds. The molecule has 1 aliphatic rings. The Hall–Kier alpha value is -2.56. The molecule has 3 rings (SSSR count). The van der Waals surface area contributed by atoms with Crippen LogP contribution in [0.25, 0.3) is 10.9 Å². The van der Waals surface area contributed by atoms with Gasteiger partial charge in [-0.3, -0.25) is 0 Å². The molecule has 1 N–H and O–H groups in total. The van der Waals surface area contributed by atoms with Gasteiger partial charge in [0.2, 0.25) is 0 Å². The third kappa shape index (κ3) is 3.27. The van der Waals surface area contributed by atoms with Crippen molar-refractivity contribution in [1.82, 2.24) is 4.57 Å². The quantitative estimate of drug-likeness (QED) is 0.751. The first kappa shape index (κ1) is 19.2. The van der Waals surface area contributed by atoms with E-state index in [0.717, 1.165) is 28.5 Å². The monoisotopic (exact) mass is 372 g/mol. The van der Waals surface area contributed by atoms with E-state index in [1.54, 1.807) is 13.2 Å². The Bertz CT molecular complexity index is 910. The van der Waals surface area contributed by atoms with Gasteiger partial charge >= 0.3 is 5.97 Å². The molecule has 1 atom stereocenters. The van der Waals surface area contributed by atoms with Gasteiger partial charge in [-0.15, -0.1) is 0 Å². The summed E-state index contributed by atoms with van der Waals surface area (Å²) in [6, 6.07) is 4.01. The highest BCUT2D eigenvalue weighted by molar-refractivity contribution is 5.96. The number of hydrogen-bond acceptors (Lipinski definition) is 5. The fourth-order valence-corrected chi connectivity index (χ4v) is 3.83. The van der Waals surface area contributed by atoms with Crippen LogP contribution in [0.2, 0.25) is 0 Å². The van der Waals surface area contributed by atoms with Gasteiger partial charge in [0.1, 0.15) is 12.4 Å². The van der Waals surface area contributed by atoms with Crippen LogP contribution in [0.15, 0.2) is 6.07 Å². The van der Waals surface area contributed by atoms with Crippen molar-refractivity contribution < 1.29 is 24.1 Å². The van der Waals surface area contributed by atoms with Gasteiger partial charge in [0.15, 0.2) is 6.10 Å². The smallest absolute Gasteiger partial charge is 0.339 e. The summed E-state index contributed by atoms with van der Waals surface area (Å²) in [5, 5.41) is 20.2. The fourth-order valence-electron chi connectivity index (χ4n) is 3.83. The fraction of sp³-hybridized carbons (Fsp3) is 0.500. The minimum atomic E-state index is -1.02. The molecule has 27 heavy (non-hydrogen) atoms.